The summed E-state index contributed by atoms with van der Waals surface area (Å²) in [5.41, 5.74) is 1.54. The molecule has 0 aromatic heterocycles. The Balaban J connectivity index is 2.14. The molecule has 11 heteroatoms. The second-order valence-corrected chi connectivity index (χ2v) is 12.7. The Labute approximate surface area is 258 Å². The second kappa shape index (κ2) is 14.8. The molecule has 0 spiro atoms. The monoisotopic (exact) mass is 633 g/mol. The minimum Gasteiger partial charge on any atom is -0.495 e. The summed E-state index contributed by atoms with van der Waals surface area (Å²) in [5.74, 6) is -0.645. The highest BCUT2D eigenvalue weighted by molar-refractivity contribution is 7.92. The topological polar surface area (TPSA) is 96.0 Å². The average Bonchev–Trinajstić information content (AvgIpc) is 2.97. The minimum absolute atomic E-state index is 0.00945. The molecule has 8 nitrogen and oxygen atoms in total. The highest BCUT2D eigenvalue weighted by Crippen LogP contribution is 2.34. The van der Waals surface area contributed by atoms with Crippen molar-refractivity contribution in [1.29, 1.82) is 0 Å². The van der Waals surface area contributed by atoms with E-state index in [1.807, 2.05) is 20.8 Å². The fourth-order valence-electron chi connectivity index (χ4n) is 4.42. The summed E-state index contributed by atoms with van der Waals surface area (Å²) < 4.78 is 34.7. The lowest BCUT2D eigenvalue weighted by Gasteiger charge is -2.34. The third kappa shape index (κ3) is 7.96. The van der Waals surface area contributed by atoms with Crippen LogP contribution in [0.1, 0.15) is 44.7 Å². The molecule has 0 radical (unpaired) electrons. The molecule has 3 aromatic carbocycles. The number of halogens is 2. The highest BCUT2D eigenvalue weighted by Gasteiger charge is 2.35. The van der Waals surface area contributed by atoms with Crippen LogP contribution in [0.5, 0.6) is 5.75 Å². The van der Waals surface area contributed by atoms with Crippen molar-refractivity contribution >= 4 is 50.7 Å². The molecule has 42 heavy (non-hydrogen) atoms. The average molecular weight is 635 g/mol. The maximum absolute atomic E-state index is 14.3. The summed E-state index contributed by atoms with van der Waals surface area (Å²) in [4.78, 5) is 29.1. The van der Waals surface area contributed by atoms with Crippen molar-refractivity contribution in [2.45, 2.75) is 64.1 Å². The van der Waals surface area contributed by atoms with Crippen LogP contribution in [0.25, 0.3) is 0 Å². The number of anilines is 1. The van der Waals surface area contributed by atoms with Crippen LogP contribution in [-0.4, -0.2) is 50.9 Å². The number of methoxy groups -OCH3 is 1. The van der Waals surface area contributed by atoms with Crippen LogP contribution >= 0.6 is 23.2 Å². The third-order valence-corrected chi connectivity index (χ3v) is 9.32. The normalized spacial score (nSPS) is 12.7. The van der Waals surface area contributed by atoms with E-state index in [0.717, 1.165) is 9.87 Å². The van der Waals surface area contributed by atoms with Crippen LogP contribution in [0.4, 0.5) is 5.69 Å². The predicted octanol–water partition coefficient (Wildman–Crippen LogP) is 6.23. The van der Waals surface area contributed by atoms with E-state index in [0.29, 0.717) is 28.5 Å². The number of rotatable bonds is 13. The van der Waals surface area contributed by atoms with Gasteiger partial charge in [0.25, 0.3) is 10.0 Å². The number of hydrogen-bond acceptors (Lipinski definition) is 5. The van der Waals surface area contributed by atoms with Crippen LogP contribution in [0.15, 0.2) is 71.6 Å². The Morgan fingerprint density at radius 1 is 0.976 bits per heavy atom. The minimum atomic E-state index is -4.23. The van der Waals surface area contributed by atoms with E-state index >= 15 is 0 Å². The molecule has 2 amide bonds. The standard InChI is InChI=1S/C31H37Cl2N3O5S/c1-6-22(4)34-31(38)27(7-2)35(19-23-14-15-24(32)18-26(23)33)30(37)20-36(28-17-21(3)13-16-29(28)41-5)42(39,40)25-11-9-8-10-12-25/h8-18,22,27H,6-7,19-20H2,1-5H3,(H,34,38)/t22-,27+/m0/s1. The fourth-order valence-corrected chi connectivity index (χ4v) is 6.33. The van der Waals surface area contributed by atoms with Crippen LogP contribution in [0.3, 0.4) is 0 Å². The summed E-state index contributed by atoms with van der Waals surface area (Å²) in [7, 11) is -2.80. The van der Waals surface area contributed by atoms with Crippen molar-refractivity contribution in [3.8, 4) is 5.75 Å². The van der Waals surface area contributed by atoms with Gasteiger partial charge in [-0.25, -0.2) is 8.42 Å². The lowest BCUT2D eigenvalue weighted by atomic mass is 10.1. The van der Waals surface area contributed by atoms with Gasteiger partial charge in [0.05, 0.1) is 17.7 Å². The van der Waals surface area contributed by atoms with Crippen molar-refractivity contribution in [2.24, 2.45) is 0 Å². The van der Waals surface area contributed by atoms with E-state index < -0.39 is 28.5 Å². The van der Waals surface area contributed by atoms with Crippen molar-refractivity contribution in [3.05, 3.63) is 87.9 Å². The maximum Gasteiger partial charge on any atom is 0.264 e. The number of ether oxygens (including phenoxy) is 1. The maximum atomic E-state index is 14.3. The largest absolute Gasteiger partial charge is 0.495 e. The lowest BCUT2D eigenvalue weighted by Crippen LogP contribution is -2.53. The number of aryl methyl sites for hydroxylation is 1. The fraction of sp³-hybridized carbons (Fsp3) is 0.355. The van der Waals surface area contributed by atoms with Crippen molar-refractivity contribution in [1.82, 2.24) is 10.2 Å². The molecule has 0 saturated heterocycles. The smallest absolute Gasteiger partial charge is 0.264 e. The van der Waals surface area contributed by atoms with Crippen molar-refractivity contribution in [3.63, 3.8) is 0 Å². The molecule has 0 saturated carbocycles. The van der Waals surface area contributed by atoms with Gasteiger partial charge in [-0.05, 0) is 74.2 Å². The summed E-state index contributed by atoms with van der Waals surface area (Å²) in [6.07, 6.45) is 0.994. The van der Waals surface area contributed by atoms with E-state index in [9.17, 15) is 18.0 Å². The summed E-state index contributed by atoms with van der Waals surface area (Å²) >= 11 is 12.6. The first kappa shape index (κ1) is 33.2. The Hall–Kier alpha value is -3.27. The van der Waals surface area contributed by atoms with Gasteiger partial charge < -0.3 is 15.0 Å². The van der Waals surface area contributed by atoms with Crippen LogP contribution in [0.2, 0.25) is 10.0 Å². The lowest BCUT2D eigenvalue weighted by molar-refractivity contribution is -0.140. The zero-order chi connectivity index (χ0) is 31.0. The zero-order valence-electron chi connectivity index (χ0n) is 24.4. The molecule has 226 valence electrons. The first-order chi connectivity index (χ1) is 19.9. The Morgan fingerprint density at radius 3 is 2.26 bits per heavy atom. The van der Waals surface area contributed by atoms with E-state index in [4.69, 9.17) is 27.9 Å². The van der Waals surface area contributed by atoms with Crippen molar-refractivity contribution in [2.75, 3.05) is 18.0 Å². The molecule has 1 N–H and O–H groups in total. The number of carbonyl (C=O) groups is 2. The van der Waals surface area contributed by atoms with Gasteiger partial charge in [0.1, 0.15) is 18.3 Å². The highest BCUT2D eigenvalue weighted by atomic mass is 35.5. The van der Waals surface area contributed by atoms with E-state index in [1.165, 1.54) is 24.1 Å². The first-order valence-electron chi connectivity index (χ1n) is 13.7. The zero-order valence-corrected chi connectivity index (χ0v) is 26.8. The molecule has 0 aliphatic carbocycles. The summed E-state index contributed by atoms with van der Waals surface area (Å²) in [6.45, 7) is 6.82. The van der Waals surface area contributed by atoms with E-state index in [1.54, 1.807) is 61.5 Å². The molecule has 0 unspecified atom stereocenters. The first-order valence-corrected chi connectivity index (χ1v) is 15.9. The van der Waals surface area contributed by atoms with Crippen LogP contribution in [-0.2, 0) is 26.2 Å². The predicted molar refractivity (Wildman–Crippen MR) is 168 cm³/mol. The quantitative estimate of drug-likeness (QED) is 0.241. The van der Waals surface area contributed by atoms with Gasteiger partial charge in [-0.1, -0.05) is 67.4 Å². The van der Waals surface area contributed by atoms with Gasteiger partial charge in [0.2, 0.25) is 11.8 Å². The Kier molecular flexibility index (Phi) is 11.7. The molecule has 0 fully saturated rings. The summed E-state index contributed by atoms with van der Waals surface area (Å²) in [5, 5.41) is 3.70. The van der Waals surface area contributed by atoms with Crippen molar-refractivity contribution < 1.29 is 22.7 Å². The number of nitrogens with one attached hydrogen (secondary N) is 1. The number of amides is 2. The number of benzene rings is 3. The SMILES string of the molecule is CC[C@H](C(=O)N[C@@H](C)CC)N(Cc1ccc(Cl)cc1Cl)C(=O)CN(c1cc(C)ccc1OC)S(=O)(=O)c1ccccc1. The van der Waals surface area contributed by atoms with E-state index in [2.05, 4.69) is 5.32 Å². The molecule has 3 rings (SSSR count). The molecule has 0 bridgehead atoms. The van der Waals surface area contributed by atoms with Gasteiger partial charge in [0, 0.05) is 22.6 Å². The summed E-state index contributed by atoms with van der Waals surface area (Å²) in [6, 6.07) is 16.9. The molecule has 0 aliphatic heterocycles. The molecule has 3 aromatic rings. The number of carbonyl (C=O) groups excluding carboxylic acids is 2. The van der Waals surface area contributed by atoms with E-state index in [-0.39, 0.29) is 34.8 Å². The molecule has 2 atom stereocenters. The van der Waals surface area contributed by atoms with Crippen LogP contribution in [0, 0.1) is 6.92 Å². The molecule has 0 heterocycles. The molecular formula is C31H37Cl2N3O5S. The Bertz CT molecular complexity index is 1500. The number of hydrogen-bond donors (Lipinski definition) is 1. The Morgan fingerprint density at radius 2 is 1.67 bits per heavy atom. The van der Waals surface area contributed by atoms with Gasteiger partial charge in [-0.3, -0.25) is 13.9 Å². The third-order valence-electron chi connectivity index (χ3n) is 6.96. The van der Waals surface area contributed by atoms with Gasteiger partial charge in [-0.15, -0.1) is 0 Å². The second-order valence-electron chi connectivity index (χ2n) is 10.00. The van der Waals surface area contributed by atoms with Gasteiger partial charge in [-0.2, -0.15) is 0 Å². The van der Waals surface area contributed by atoms with Crippen LogP contribution < -0.4 is 14.4 Å². The number of nitrogens with zero attached hydrogens (tertiary/aromatic N) is 2. The van der Waals surface area contributed by atoms with Gasteiger partial charge in [0.15, 0.2) is 0 Å². The van der Waals surface area contributed by atoms with Gasteiger partial charge >= 0.3 is 0 Å². The number of sulfonamides is 1. The molecule has 0 aliphatic rings. The molecular weight excluding hydrogens is 597 g/mol.